The van der Waals surface area contributed by atoms with Gasteiger partial charge in [-0.15, -0.1) is 0 Å². The zero-order valence-electron chi connectivity index (χ0n) is 11.8. The summed E-state index contributed by atoms with van der Waals surface area (Å²) in [7, 11) is 0. The van der Waals surface area contributed by atoms with Gasteiger partial charge in [0.25, 0.3) is 0 Å². The maximum Gasteiger partial charge on any atom is 0.226 e. The number of rotatable bonds is 5. The fourth-order valence-corrected chi connectivity index (χ4v) is 3.54. The van der Waals surface area contributed by atoms with E-state index in [0.717, 1.165) is 44.7 Å². The van der Waals surface area contributed by atoms with Crippen molar-refractivity contribution in [1.82, 2.24) is 10.6 Å². The van der Waals surface area contributed by atoms with Crippen LogP contribution in [0.15, 0.2) is 0 Å². The molecule has 3 heteroatoms. The third-order valence-corrected chi connectivity index (χ3v) is 4.96. The van der Waals surface area contributed by atoms with Crippen LogP contribution in [0.1, 0.15) is 58.3 Å². The van der Waals surface area contributed by atoms with Crippen LogP contribution in [0, 0.1) is 11.3 Å². The predicted molar refractivity (Wildman–Crippen MR) is 74.4 cm³/mol. The SMILES string of the molecule is CCC1(C(=O)NCC[C@@H]2CCCNC2)CCCC1. The van der Waals surface area contributed by atoms with Crippen molar-refractivity contribution in [2.45, 2.75) is 58.3 Å². The molecule has 0 aromatic carbocycles. The normalized spacial score (nSPS) is 27.1. The number of amides is 1. The Labute approximate surface area is 111 Å². The molecule has 1 saturated heterocycles. The first-order valence-corrected chi connectivity index (χ1v) is 7.76. The molecule has 1 amide bonds. The zero-order chi connectivity index (χ0) is 12.8. The first-order chi connectivity index (χ1) is 8.77. The predicted octanol–water partition coefficient (Wildman–Crippen LogP) is 2.46. The third-order valence-electron chi connectivity index (χ3n) is 4.96. The molecular formula is C15H28N2O. The highest BCUT2D eigenvalue weighted by Crippen LogP contribution is 2.41. The molecule has 0 unspecified atom stereocenters. The highest BCUT2D eigenvalue weighted by molar-refractivity contribution is 5.82. The average molecular weight is 252 g/mol. The summed E-state index contributed by atoms with van der Waals surface area (Å²) in [5, 5.41) is 6.63. The van der Waals surface area contributed by atoms with Crippen LogP contribution in [0.25, 0.3) is 0 Å². The molecule has 1 saturated carbocycles. The Morgan fingerprint density at radius 3 is 2.72 bits per heavy atom. The van der Waals surface area contributed by atoms with Crippen LogP contribution < -0.4 is 10.6 Å². The quantitative estimate of drug-likeness (QED) is 0.789. The fourth-order valence-electron chi connectivity index (χ4n) is 3.54. The number of carbonyl (C=O) groups is 1. The van der Waals surface area contributed by atoms with Crippen molar-refractivity contribution in [3.8, 4) is 0 Å². The smallest absolute Gasteiger partial charge is 0.226 e. The van der Waals surface area contributed by atoms with E-state index in [-0.39, 0.29) is 5.41 Å². The Balaban J connectivity index is 1.70. The van der Waals surface area contributed by atoms with Crippen LogP contribution in [-0.4, -0.2) is 25.5 Å². The molecule has 3 nitrogen and oxygen atoms in total. The van der Waals surface area contributed by atoms with Gasteiger partial charge in [0, 0.05) is 12.0 Å². The summed E-state index contributed by atoms with van der Waals surface area (Å²) in [5.41, 5.74) is -0.0230. The largest absolute Gasteiger partial charge is 0.356 e. The highest BCUT2D eigenvalue weighted by atomic mass is 16.2. The van der Waals surface area contributed by atoms with Gasteiger partial charge in [0.2, 0.25) is 5.91 Å². The summed E-state index contributed by atoms with van der Waals surface area (Å²) in [5.74, 6) is 1.09. The van der Waals surface area contributed by atoms with Crippen molar-refractivity contribution >= 4 is 5.91 Å². The summed E-state index contributed by atoms with van der Waals surface area (Å²) in [6.45, 7) is 5.33. The first-order valence-electron chi connectivity index (χ1n) is 7.76. The maximum absolute atomic E-state index is 12.3. The molecule has 1 heterocycles. The molecule has 1 aliphatic carbocycles. The van der Waals surface area contributed by atoms with Crippen molar-refractivity contribution in [3.63, 3.8) is 0 Å². The van der Waals surface area contributed by atoms with Crippen LogP contribution in [0.5, 0.6) is 0 Å². The van der Waals surface area contributed by atoms with Crippen LogP contribution in [0.4, 0.5) is 0 Å². The fraction of sp³-hybridized carbons (Fsp3) is 0.933. The summed E-state index contributed by atoms with van der Waals surface area (Å²) in [4.78, 5) is 12.3. The molecule has 2 N–H and O–H groups in total. The lowest BCUT2D eigenvalue weighted by atomic mass is 9.82. The average Bonchev–Trinajstić information content (AvgIpc) is 2.90. The molecule has 18 heavy (non-hydrogen) atoms. The number of hydrogen-bond donors (Lipinski definition) is 2. The van der Waals surface area contributed by atoms with Gasteiger partial charge in [0.15, 0.2) is 0 Å². The first kappa shape index (κ1) is 13.9. The number of carbonyl (C=O) groups excluding carboxylic acids is 1. The minimum Gasteiger partial charge on any atom is -0.356 e. The molecule has 0 bridgehead atoms. The van der Waals surface area contributed by atoms with E-state index in [1.165, 1.54) is 32.2 Å². The third kappa shape index (κ3) is 3.25. The van der Waals surface area contributed by atoms with Crippen molar-refractivity contribution in [2.24, 2.45) is 11.3 Å². The second kappa shape index (κ2) is 6.55. The van der Waals surface area contributed by atoms with Crippen LogP contribution >= 0.6 is 0 Å². The van der Waals surface area contributed by atoms with Gasteiger partial charge in [-0.25, -0.2) is 0 Å². The van der Waals surface area contributed by atoms with Gasteiger partial charge in [0.1, 0.15) is 0 Å². The highest BCUT2D eigenvalue weighted by Gasteiger charge is 2.38. The molecule has 104 valence electrons. The van der Waals surface area contributed by atoms with E-state index in [0.29, 0.717) is 5.91 Å². The molecular weight excluding hydrogens is 224 g/mol. The standard InChI is InChI=1S/C15H28N2O/c1-2-15(8-3-4-9-15)14(18)17-11-7-13-6-5-10-16-12-13/h13,16H,2-12H2,1H3,(H,17,18)/t13-/m0/s1. The van der Waals surface area contributed by atoms with Gasteiger partial charge in [0.05, 0.1) is 0 Å². The molecule has 0 aromatic rings. The summed E-state index contributed by atoms with van der Waals surface area (Å²) >= 11 is 0. The van der Waals surface area contributed by atoms with E-state index in [4.69, 9.17) is 0 Å². The monoisotopic (exact) mass is 252 g/mol. The van der Waals surface area contributed by atoms with Gasteiger partial charge >= 0.3 is 0 Å². The number of hydrogen-bond acceptors (Lipinski definition) is 2. The Hall–Kier alpha value is -0.570. The summed E-state index contributed by atoms with van der Waals surface area (Å²) in [6.07, 6.45) is 9.41. The Bertz CT molecular complexity index is 266. The van der Waals surface area contributed by atoms with E-state index in [9.17, 15) is 4.79 Å². The minimum atomic E-state index is -0.0230. The van der Waals surface area contributed by atoms with Gasteiger partial charge < -0.3 is 10.6 Å². The minimum absolute atomic E-state index is 0.0230. The van der Waals surface area contributed by atoms with Crippen LogP contribution in [0.3, 0.4) is 0 Å². The van der Waals surface area contributed by atoms with Crippen molar-refractivity contribution in [3.05, 3.63) is 0 Å². The number of nitrogens with one attached hydrogen (secondary N) is 2. The topological polar surface area (TPSA) is 41.1 Å². The maximum atomic E-state index is 12.3. The van der Waals surface area contributed by atoms with Gasteiger partial charge in [-0.3, -0.25) is 4.79 Å². The lowest BCUT2D eigenvalue weighted by Crippen LogP contribution is -2.40. The molecule has 2 rings (SSSR count). The Morgan fingerprint density at radius 1 is 1.33 bits per heavy atom. The molecule has 2 fully saturated rings. The second-order valence-electron chi connectivity index (χ2n) is 6.10. The van der Waals surface area contributed by atoms with Crippen molar-refractivity contribution in [1.29, 1.82) is 0 Å². The number of piperidine rings is 1. The lowest BCUT2D eigenvalue weighted by molar-refractivity contribution is -0.131. The summed E-state index contributed by atoms with van der Waals surface area (Å²) < 4.78 is 0. The van der Waals surface area contributed by atoms with E-state index >= 15 is 0 Å². The Kier molecular flexibility index (Phi) is 5.04. The zero-order valence-corrected chi connectivity index (χ0v) is 11.8. The van der Waals surface area contributed by atoms with Gasteiger partial charge in [-0.1, -0.05) is 19.8 Å². The second-order valence-corrected chi connectivity index (χ2v) is 6.10. The van der Waals surface area contributed by atoms with Crippen LogP contribution in [-0.2, 0) is 4.79 Å². The van der Waals surface area contributed by atoms with E-state index in [1.807, 2.05) is 0 Å². The lowest BCUT2D eigenvalue weighted by Gasteiger charge is -2.27. The molecule has 1 aliphatic heterocycles. The molecule has 0 radical (unpaired) electrons. The van der Waals surface area contributed by atoms with Gasteiger partial charge in [-0.05, 0) is 57.5 Å². The van der Waals surface area contributed by atoms with E-state index < -0.39 is 0 Å². The van der Waals surface area contributed by atoms with Crippen LogP contribution in [0.2, 0.25) is 0 Å². The van der Waals surface area contributed by atoms with Crippen molar-refractivity contribution in [2.75, 3.05) is 19.6 Å². The van der Waals surface area contributed by atoms with E-state index in [1.54, 1.807) is 0 Å². The Morgan fingerprint density at radius 2 is 2.11 bits per heavy atom. The van der Waals surface area contributed by atoms with E-state index in [2.05, 4.69) is 17.6 Å². The molecule has 0 aromatic heterocycles. The molecule has 0 spiro atoms. The van der Waals surface area contributed by atoms with Gasteiger partial charge in [-0.2, -0.15) is 0 Å². The molecule has 2 aliphatic rings. The van der Waals surface area contributed by atoms with Crippen molar-refractivity contribution < 1.29 is 4.79 Å². The molecule has 1 atom stereocenters. The summed E-state index contributed by atoms with van der Waals surface area (Å²) in [6, 6.07) is 0.